The van der Waals surface area contributed by atoms with Crippen molar-refractivity contribution in [1.29, 1.82) is 0 Å². The summed E-state index contributed by atoms with van der Waals surface area (Å²) >= 11 is 0. The van der Waals surface area contributed by atoms with E-state index < -0.39 is 18.2 Å². The summed E-state index contributed by atoms with van der Waals surface area (Å²) in [6, 6.07) is 0. The predicted octanol–water partition coefficient (Wildman–Crippen LogP) is 1.71. The molecule has 0 radical (unpaired) electrons. The fourth-order valence-corrected chi connectivity index (χ4v) is 1.95. The Morgan fingerprint density at radius 3 is 2.00 bits per heavy atom. The normalized spacial score (nSPS) is 31.5. The molecule has 0 saturated heterocycles. The quantitative estimate of drug-likeness (QED) is 0.731. The molecule has 1 atom stereocenters. The largest absolute Gasteiger partial charge is 0.414 e. The van der Waals surface area contributed by atoms with E-state index >= 15 is 0 Å². The summed E-state index contributed by atoms with van der Waals surface area (Å²) in [6.07, 6.45) is -4.83. The molecule has 0 aromatic heterocycles. The minimum Gasteiger partial charge on any atom is -0.396 e. The molecular formula is C9H15F3O2. The maximum Gasteiger partial charge on any atom is 0.414 e. The highest BCUT2D eigenvalue weighted by Crippen LogP contribution is 2.36. The van der Waals surface area contributed by atoms with Crippen molar-refractivity contribution in [2.24, 2.45) is 11.8 Å². The summed E-state index contributed by atoms with van der Waals surface area (Å²) in [6.45, 7) is 0.0365. The van der Waals surface area contributed by atoms with Crippen molar-refractivity contribution in [3.05, 3.63) is 0 Å². The van der Waals surface area contributed by atoms with Gasteiger partial charge in [0.25, 0.3) is 0 Å². The third-order valence-corrected chi connectivity index (χ3v) is 2.93. The second-order valence-corrected chi connectivity index (χ2v) is 3.95. The lowest BCUT2D eigenvalue weighted by atomic mass is 9.79. The van der Waals surface area contributed by atoms with Crippen LogP contribution in [0.15, 0.2) is 0 Å². The molecule has 0 aliphatic heterocycles. The highest BCUT2D eigenvalue weighted by atomic mass is 19.4. The molecule has 14 heavy (non-hydrogen) atoms. The van der Waals surface area contributed by atoms with Crippen LogP contribution in [0.25, 0.3) is 0 Å². The molecule has 2 nitrogen and oxygen atoms in total. The Balaban J connectivity index is 2.42. The van der Waals surface area contributed by atoms with Gasteiger partial charge in [0.15, 0.2) is 6.10 Å². The van der Waals surface area contributed by atoms with E-state index in [-0.39, 0.29) is 12.5 Å². The van der Waals surface area contributed by atoms with E-state index in [9.17, 15) is 13.2 Å². The first-order valence-electron chi connectivity index (χ1n) is 4.80. The zero-order valence-electron chi connectivity index (χ0n) is 7.80. The molecule has 1 aliphatic rings. The highest BCUT2D eigenvalue weighted by molar-refractivity contribution is 4.80. The zero-order valence-corrected chi connectivity index (χ0v) is 7.80. The Kier molecular flexibility index (Phi) is 3.78. The van der Waals surface area contributed by atoms with Crippen molar-refractivity contribution >= 4 is 0 Å². The summed E-state index contributed by atoms with van der Waals surface area (Å²) in [5.74, 6) is -0.565. The van der Waals surface area contributed by atoms with E-state index in [1.54, 1.807) is 0 Å². The summed E-state index contributed by atoms with van der Waals surface area (Å²) in [7, 11) is 0. The molecule has 84 valence electrons. The smallest absolute Gasteiger partial charge is 0.396 e. The van der Waals surface area contributed by atoms with E-state index in [1.807, 2.05) is 0 Å². The van der Waals surface area contributed by atoms with E-state index in [0.717, 1.165) is 0 Å². The molecule has 0 aromatic rings. The second kappa shape index (κ2) is 4.49. The van der Waals surface area contributed by atoms with Gasteiger partial charge >= 0.3 is 6.18 Å². The van der Waals surface area contributed by atoms with E-state index in [1.165, 1.54) is 0 Å². The molecule has 1 unspecified atom stereocenters. The minimum absolute atomic E-state index is 0.0365. The van der Waals surface area contributed by atoms with Crippen LogP contribution in [0.2, 0.25) is 0 Å². The third kappa shape index (κ3) is 2.85. The maximum atomic E-state index is 12.1. The Morgan fingerprint density at radius 1 is 1.14 bits per heavy atom. The van der Waals surface area contributed by atoms with Crippen LogP contribution in [0.4, 0.5) is 13.2 Å². The topological polar surface area (TPSA) is 40.5 Å². The van der Waals surface area contributed by atoms with E-state index in [2.05, 4.69) is 0 Å². The van der Waals surface area contributed by atoms with Gasteiger partial charge in [0.1, 0.15) is 0 Å². The lowest BCUT2D eigenvalue weighted by Gasteiger charge is -2.31. The van der Waals surface area contributed by atoms with Gasteiger partial charge in [-0.1, -0.05) is 0 Å². The summed E-state index contributed by atoms with van der Waals surface area (Å²) < 4.78 is 36.3. The molecule has 1 rings (SSSR count). The molecule has 0 aromatic carbocycles. The van der Waals surface area contributed by atoms with Crippen molar-refractivity contribution in [2.45, 2.75) is 38.0 Å². The number of aliphatic hydroxyl groups excluding tert-OH is 2. The Labute approximate surface area is 80.7 Å². The first-order chi connectivity index (χ1) is 6.45. The molecule has 0 amide bonds. The lowest BCUT2D eigenvalue weighted by molar-refractivity contribution is -0.222. The fraction of sp³-hybridized carbons (Fsp3) is 1.00. The molecule has 0 spiro atoms. The number of halogens is 3. The molecule has 2 N–H and O–H groups in total. The summed E-state index contributed by atoms with van der Waals surface area (Å²) in [4.78, 5) is 0. The lowest BCUT2D eigenvalue weighted by Crippen LogP contribution is -2.38. The molecule has 5 heteroatoms. The van der Waals surface area contributed by atoms with Crippen molar-refractivity contribution in [1.82, 2.24) is 0 Å². The minimum atomic E-state index is -4.50. The molecular weight excluding hydrogens is 197 g/mol. The van der Waals surface area contributed by atoms with Crippen molar-refractivity contribution in [3.63, 3.8) is 0 Å². The number of rotatable bonds is 2. The fourth-order valence-electron chi connectivity index (χ4n) is 1.95. The average Bonchev–Trinajstić information content (AvgIpc) is 2.15. The van der Waals surface area contributed by atoms with Crippen LogP contribution in [0, 0.1) is 11.8 Å². The Hall–Kier alpha value is -0.290. The Bertz CT molecular complexity index is 173. The third-order valence-electron chi connectivity index (χ3n) is 2.93. The zero-order chi connectivity index (χ0) is 10.8. The van der Waals surface area contributed by atoms with Crippen LogP contribution in [0.1, 0.15) is 25.7 Å². The number of aliphatic hydroxyl groups is 2. The van der Waals surface area contributed by atoms with Gasteiger partial charge in [-0.25, -0.2) is 0 Å². The van der Waals surface area contributed by atoms with Gasteiger partial charge in [-0.3, -0.25) is 0 Å². The van der Waals surface area contributed by atoms with E-state index in [0.29, 0.717) is 25.7 Å². The first-order valence-corrected chi connectivity index (χ1v) is 4.80. The standard InChI is InChI=1S/C9H15F3O2/c10-9(11,12)8(14)7-3-1-6(5-13)2-4-7/h6-8,13-14H,1-5H2. The van der Waals surface area contributed by atoms with Crippen LogP contribution >= 0.6 is 0 Å². The number of hydrogen-bond donors (Lipinski definition) is 2. The van der Waals surface area contributed by atoms with Crippen LogP contribution in [0.5, 0.6) is 0 Å². The van der Waals surface area contributed by atoms with Crippen molar-refractivity contribution < 1.29 is 23.4 Å². The molecule has 0 heterocycles. The molecule has 1 fully saturated rings. The number of hydrogen-bond acceptors (Lipinski definition) is 2. The Morgan fingerprint density at radius 2 is 1.64 bits per heavy atom. The highest BCUT2D eigenvalue weighted by Gasteiger charge is 2.44. The summed E-state index contributed by atoms with van der Waals surface area (Å²) in [5.41, 5.74) is 0. The van der Waals surface area contributed by atoms with Crippen LogP contribution in [-0.4, -0.2) is 29.1 Å². The molecule has 1 aliphatic carbocycles. The predicted molar refractivity (Wildman–Crippen MR) is 44.6 cm³/mol. The SMILES string of the molecule is OCC1CCC(C(O)C(F)(F)F)CC1. The summed E-state index contributed by atoms with van der Waals surface area (Å²) in [5, 5.41) is 17.8. The van der Waals surface area contributed by atoms with Gasteiger partial charge in [0.05, 0.1) is 0 Å². The van der Waals surface area contributed by atoms with Gasteiger partial charge in [-0.05, 0) is 37.5 Å². The van der Waals surface area contributed by atoms with Gasteiger partial charge < -0.3 is 10.2 Å². The number of alkyl halides is 3. The van der Waals surface area contributed by atoms with Crippen LogP contribution < -0.4 is 0 Å². The first kappa shape index (κ1) is 11.8. The van der Waals surface area contributed by atoms with Crippen molar-refractivity contribution in [2.75, 3.05) is 6.61 Å². The van der Waals surface area contributed by atoms with Gasteiger partial charge in [-0.2, -0.15) is 13.2 Å². The monoisotopic (exact) mass is 212 g/mol. The van der Waals surface area contributed by atoms with Crippen LogP contribution in [-0.2, 0) is 0 Å². The van der Waals surface area contributed by atoms with Crippen molar-refractivity contribution in [3.8, 4) is 0 Å². The van der Waals surface area contributed by atoms with Gasteiger partial charge in [0, 0.05) is 6.61 Å². The van der Waals surface area contributed by atoms with Crippen LogP contribution in [0.3, 0.4) is 0 Å². The second-order valence-electron chi connectivity index (χ2n) is 3.95. The average molecular weight is 212 g/mol. The molecule has 1 saturated carbocycles. The molecule has 0 bridgehead atoms. The van der Waals surface area contributed by atoms with Gasteiger partial charge in [-0.15, -0.1) is 0 Å². The van der Waals surface area contributed by atoms with E-state index in [4.69, 9.17) is 10.2 Å². The van der Waals surface area contributed by atoms with Gasteiger partial charge in [0.2, 0.25) is 0 Å². The maximum absolute atomic E-state index is 12.1.